The standard InChI is InChI=1S/C66H104NO8P/c1-6-8-10-12-14-16-18-20-22-24-26-28-30-31-32-33-34-35-37-39-41-43-45-47-49-51-53-55-57-59-66(69)75-64(63-74-76(70,71)73-61-60-67(3,4)5)62-72-65(68)58-56-54-52-50-48-46-44-42-40-38-36-29-27-25-23-21-19-17-15-13-11-9-7-2/h8-11,14-17,20-23,26-29,31-32,34-35,38-41,44-47,64H,6-7,12-13,18-19,24-25,30,33,36-37,42-43,48-63H2,1-5H3/p+1/b10-8-,11-9-,16-14-,17-15-,22-20-,23-21-,28-26-,29-27-,32-31-,35-34-,40-38-,41-39-,46-44-,47-45-. The van der Waals surface area contributed by atoms with Crippen molar-refractivity contribution in [3.8, 4) is 0 Å². The van der Waals surface area contributed by atoms with Crippen LogP contribution in [0.4, 0.5) is 0 Å². The fraction of sp³-hybridized carbons (Fsp3) is 0.545. The Hall–Kier alpha value is -4.63. The van der Waals surface area contributed by atoms with Crippen molar-refractivity contribution in [2.24, 2.45) is 0 Å². The summed E-state index contributed by atoms with van der Waals surface area (Å²) in [5.41, 5.74) is 0. The van der Waals surface area contributed by atoms with E-state index in [2.05, 4.69) is 184 Å². The molecule has 0 heterocycles. The van der Waals surface area contributed by atoms with E-state index in [9.17, 15) is 19.0 Å². The van der Waals surface area contributed by atoms with Crippen molar-refractivity contribution >= 4 is 19.8 Å². The molecule has 1 N–H and O–H groups in total. The average Bonchev–Trinajstić information content (AvgIpc) is 3.38. The van der Waals surface area contributed by atoms with Crippen LogP contribution < -0.4 is 0 Å². The van der Waals surface area contributed by atoms with Crippen molar-refractivity contribution in [1.29, 1.82) is 0 Å². The van der Waals surface area contributed by atoms with Crippen LogP contribution in [-0.2, 0) is 32.7 Å². The Kier molecular flexibility index (Phi) is 51.8. The van der Waals surface area contributed by atoms with Gasteiger partial charge in [0.2, 0.25) is 0 Å². The van der Waals surface area contributed by atoms with E-state index in [4.69, 9.17) is 18.5 Å². The summed E-state index contributed by atoms with van der Waals surface area (Å²) >= 11 is 0. The van der Waals surface area contributed by atoms with Gasteiger partial charge in [0.15, 0.2) is 6.10 Å². The van der Waals surface area contributed by atoms with E-state index in [0.717, 1.165) is 141 Å². The fourth-order valence-electron chi connectivity index (χ4n) is 6.86. The first kappa shape index (κ1) is 71.4. The van der Waals surface area contributed by atoms with Crippen LogP contribution in [-0.4, -0.2) is 74.9 Å². The summed E-state index contributed by atoms with van der Waals surface area (Å²) in [5, 5.41) is 0. The summed E-state index contributed by atoms with van der Waals surface area (Å²) in [4.78, 5) is 35.7. The Morgan fingerprint density at radius 1 is 0.408 bits per heavy atom. The van der Waals surface area contributed by atoms with Crippen LogP contribution in [0.15, 0.2) is 170 Å². The molecule has 2 unspecified atom stereocenters. The predicted octanol–water partition coefficient (Wildman–Crippen LogP) is 18.3. The van der Waals surface area contributed by atoms with E-state index < -0.39 is 32.5 Å². The lowest BCUT2D eigenvalue weighted by atomic mass is 10.1. The molecule has 2 atom stereocenters. The van der Waals surface area contributed by atoms with E-state index in [-0.39, 0.29) is 26.1 Å². The van der Waals surface area contributed by atoms with Crippen molar-refractivity contribution in [2.75, 3.05) is 47.5 Å². The Morgan fingerprint density at radius 3 is 1.04 bits per heavy atom. The zero-order valence-electron chi connectivity index (χ0n) is 48.2. The number of esters is 2. The zero-order chi connectivity index (χ0) is 55.6. The molecule has 0 saturated carbocycles. The van der Waals surface area contributed by atoms with Crippen molar-refractivity contribution in [3.63, 3.8) is 0 Å². The molecule has 0 radical (unpaired) electrons. The molecule has 0 bridgehead atoms. The molecule has 76 heavy (non-hydrogen) atoms. The summed E-state index contributed by atoms with van der Waals surface area (Å²) in [6.45, 7) is 4.11. The molecule has 0 rings (SSSR count). The van der Waals surface area contributed by atoms with Crippen LogP contribution in [0.25, 0.3) is 0 Å². The van der Waals surface area contributed by atoms with Gasteiger partial charge in [0, 0.05) is 12.8 Å². The molecule has 0 spiro atoms. The second-order valence-corrected chi connectivity index (χ2v) is 21.0. The van der Waals surface area contributed by atoms with Crippen molar-refractivity contribution in [1.82, 2.24) is 0 Å². The maximum Gasteiger partial charge on any atom is 0.472 e. The highest BCUT2D eigenvalue weighted by atomic mass is 31.2. The summed E-state index contributed by atoms with van der Waals surface area (Å²) in [6.07, 6.45) is 84.1. The number of ether oxygens (including phenoxy) is 2. The second-order valence-electron chi connectivity index (χ2n) is 19.6. The molecule has 0 aliphatic carbocycles. The third-order valence-corrected chi connectivity index (χ3v) is 12.2. The highest BCUT2D eigenvalue weighted by molar-refractivity contribution is 7.47. The van der Waals surface area contributed by atoms with Gasteiger partial charge in [0.25, 0.3) is 0 Å². The van der Waals surface area contributed by atoms with Gasteiger partial charge in [-0.25, -0.2) is 4.57 Å². The molecular weight excluding hydrogens is 966 g/mol. The number of allylic oxidation sites excluding steroid dienone is 28. The molecule has 10 heteroatoms. The van der Waals surface area contributed by atoms with Crippen LogP contribution in [0.1, 0.15) is 181 Å². The van der Waals surface area contributed by atoms with E-state index >= 15 is 0 Å². The summed E-state index contributed by atoms with van der Waals surface area (Å²) in [5.74, 6) is -0.874. The molecule has 0 aliphatic rings. The summed E-state index contributed by atoms with van der Waals surface area (Å²) in [7, 11) is 1.41. The minimum Gasteiger partial charge on any atom is -0.462 e. The normalized spacial score (nSPS) is 14.6. The number of phosphoric ester groups is 1. The van der Waals surface area contributed by atoms with Gasteiger partial charge in [-0.1, -0.05) is 210 Å². The van der Waals surface area contributed by atoms with Gasteiger partial charge in [0.1, 0.15) is 19.8 Å². The molecule has 0 aromatic rings. The molecule has 9 nitrogen and oxygen atoms in total. The van der Waals surface area contributed by atoms with Crippen LogP contribution in [0.2, 0.25) is 0 Å². The summed E-state index contributed by atoms with van der Waals surface area (Å²) in [6, 6.07) is 0. The Labute approximate surface area is 464 Å². The molecule has 0 aliphatic heterocycles. The van der Waals surface area contributed by atoms with E-state index in [1.54, 1.807) is 0 Å². The smallest absolute Gasteiger partial charge is 0.462 e. The molecule has 0 amide bonds. The monoisotopic (exact) mass is 1070 g/mol. The topological polar surface area (TPSA) is 108 Å². The van der Waals surface area contributed by atoms with E-state index in [1.165, 1.54) is 0 Å². The maximum atomic E-state index is 12.8. The SMILES string of the molecule is CC/C=C\C/C=C\C/C=C\C/C=C\C/C=C\C/C=C\C/C=C\C/C=C\CCCCCCC(=O)OC(COC(=O)CCCCCC/C=C\C/C=C\C/C=C\C/C=C\C/C=C\C/C=C\CC)COP(=O)(O)OCC[N+](C)(C)C. The third-order valence-electron chi connectivity index (χ3n) is 11.2. The minimum absolute atomic E-state index is 0.0106. The molecule has 426 valence electrons. The molecular formula is C66H105NO8P+. The number of carbonyl (C=O) groups is 2. The number of hydrogen-bond donors (Lipinski definition) is 1. The van der Waals surface area contributed by atoms with Crippen LogP contribution in [0.3, 0.4) is 0 Å². The number of nitrogens with zero attached hydrogens (tertiary/aromatic N) is 1. The second kappa shape index (κ2) is 55.1. The first-order valence-corrected chi connectivity index (χ1v) is 30.4. The number of quaternary nitrogens is 1. The lowest BCUT2D eigenvalue weighted by molar-refractivity contribution is -0.870. The number of hydrogen-bond acceptors (Lipinski definition) is 7. The van der Waals surface area contributed by atoms with Crippen molar-refractivity contribution in [3.05, 3.63) is 170 Å². The number of unbranched alkanes of at least 4 members (excludes halogenated alkanes) is 8. The Bertz CT molecular complexity index is 1880. The number of phosphoric acid groups is 1. The fourth-order valence-corrected chi connectivity index (χ4v) is 7.60. The minimum atomic E-state index is -4.42. The van der Waals surface area contributed by atoms with E-state index in [0.29, 0.717) is 23.9 Å². The van der Waals surface area contributed by atoms with Gasteiger partial charge < -0.3 is 18.9 Å². The lowest BCUT2D eigenvalue weighted by Gasteiger charge is -2.24. The first-order chi connectivity index (χ1) is 37.0. The first-order valence-electron chi connectivity index (χ1n) is 28.9. The van der Waals surface area contributed by atoms with Gasteiger partial charge in [0.05, 0.1) is 27.7 Å². The highest BCUT2D eigenvalue weighted by Gasteiger charge is 2.27. The Balaban J connectivity index is 4.36. The quantitative estimate of drug-likeness (QED) is 0.0211. The molecule has 0 aromatic heterocycles. The molecule has 0 aromatic carbocycles. The maximum absolute atomic E-state index is 12.8. The molecule has 0 fully saturated rings. The number of carbonyl (C=O) groups excluding carboxylic acids is 2. The van der Waals surface area contributed by atoms with Gasteiger partial charge in [-0.05, 0) is 128 Å². The average molecular weight is 1070 g/mol. The van der Waals surface area contributed by atoms with Crippen LogP contribution in [0.5, 0.6) is 0 Å². The van der Waals surface area contributed by atoms with Crippen molar-refractivity contribution in [2.45, 2.75) is 187 Å². The zero-order valence-corrected chi connectivity index (χ0v) is 49.1. The number of likely N-dealkylation sites (N-methyl/N-ethyl adjacent to an activating group) is 1. The summed E-state index contributed by atoms with van der Waals surface area (Å²) < 4.78 is 34.5. The van der Waals surface area contributed by atoms with Crippen molar-refractivity contribution < 1.29 is 42.1 Å². The molecule has 0 saturated heterocycles. The van der Waals surface area contributed by atoms with Crippen LogP contribution in [0, 0.1) is 0 Å². The highest BCUT2D eigenvalue weighted by Crippen LogP contribution is 2.43. The van der Waals surface area contributed by atoms with Gasteiger partial charge in [-0.15, -0.1) is 0 Å². The third kappa shape index (κ3) is 58.6. The van der Waals surface area contributed by atoms with Crippen LogP contribution >= 0.6 is 7.82 Å². The number of rotatable bonds is 50. The van der Waals surface area contributed by atoms with Gasteiger partial charge >= 0.3 is 19.8 Å². The van der Waals surface area contributed by atoms with Gasteiger partial charge in [-0.3, -0.25) is 18.6 Å². The largest absolute Gasteiger partial charge is 0.472 e. The Morgan fingerprint density at radius 2 is 0.711 bits per heavy atom. The van der Waals surface area contributed by atoms with E-state index in [1.807, 2.05) is 21.1 Å². The van der Waals surface area contributed by atoms with Gasteiger partial charge in [-0.2, -0.15) is 0 Å². The lowest BCUT2D eigenvalue weighted by Crippen LogP contribution is -2.37. The predicted molar refractivity (Wildman–Crippen MR) is 325 cm³/mol.